The fourth-order valence-corrected chi connectivity index (χ4v) is 6.75. The fraction of sp³-hybridized carbons (Fsp3) is 0.659. The van der Waals surface area contributed by atoms with Crippen LogP contribution in [0.25, 0.3) is 0 Å². The van der Waals surface area contributed by atoms with Gasteiger partial charge in [-0.05, 0) is 67.0 Å². The number of piperazine rings is 1. The second kappa shape index (κ2) is 19.2. The Bertz CT molecular complexity index is 1140. The van der Waals surface area contributed by atoms with Gasteiger partial charge in [0.05, 0.1) is 13.2 Å². The van der Waals surface area contributed by atoms with E-state index in [1.54, 1.807) is 0 Å². The molecule has 48 heavy (non-hydrogen) atoms. The summed E-state index contributed by atoms with van der Waals surface area (Å²) < 4.78 is 17.1. The summed E-state index contributed by atoms with van der Waals surface area (Å²) in [5.74, 6) is 2.57. The number of carbonyl (C=O) groups excluding carboxylic acids is 2. The molecule has 0 spiro atoms. The number of carbonyl (C=O) groups is 2. The molecule has 0 N–H and O–H groups in total. The molecule has 3 aliphatic rings. The van der Waals surface area contributed by atoms with E-state index in [0.29, 0.717) is 38.5 Å². The molecule has 7 heteroatoms. The molecule has 0 aromatic heterocycles. The van der Waals surface area contributed by atoms with Crippen LogP contribution in [0.5, 0.6) is 11.5 Å². The average Bonchev–Trinajstić information content (AvgIpc) is 4.04. The van der Waals surface area contributed by atoms with Gasteiger partial charge in [0.2, 0.25) is 11.8 Å². The van der Waals surface area contributed by atoms with Gasteiger partial charge in [0.15, 0.2) is 0 Å². The van der Waals surface area contributed by atoms with Crippen LogP contribution in [-0.2, 0) is 27.2 Å². The van der Waals surface area contributed by atoms with Crippen LogP contribution < -0.4 is 9.47 Å². The number of epoxide rings is 1. The number of hydrogen-bond acceptors (Lipinski definition) is 5. The summed E-state index contributed by atoms with van der Waals surface area (Å²) in [5, 5.41) is 0. The van der Waals surface area contributed by atoms with Gasteiger partial charge in [-0.3, -0.25) is 9.59 Å². The Morgan fingerprint density at radius 2 is 1.02 bits per heavy atom. The lowest BCUT2D eigenvalue weighted by Gasteiger charge is -2.45. The van der Waals surface area contributed by atoms with E-state index in [0.717, 1.165) is 61.5 Å². The zero-order chi connectivity index (χ0) is 33.6. The van der Waals surface area contributed by atoms with E-state index in [1.165, 1.54) is 64.2 Å². The van der Waals surface area contributed by atoms with Crippen LogP contribution in [0.15, 0.2) is 48.5 Å². The second-order valence-corrected chi connectivity index (χ2v) is 14.3. The van der Waals surface area contributed by atoms with E-state index in [-0.39, 0.29) is 17.9 Å². The van der Waals surface area contributed by atoms with Crippen molar-refractivity contribution in [1.29, 1.82) is 0 Å². The number of hydrogen-bond donors (Lipinski definition) is 0. The Labute approximate surface area is 289 Å². The van der Waals surface area contributed by atoms with E-state index in [2.05, 4.69) is 26.0 Å². The van der Waals surface area contributed by atoms with Crippen molar-refractivity contribution in [3.05, 3.63) is 59.7 Å². The first-order valence-corrected chi connectivity index (χ1v) is 19.2. The fourth-order valence-electron chi connectivity index (χ4n) is 6.75. The summed E-state index contributed by atoms with van der Waals surface area (Å²) in [6.07, 6.45) is 17.5. The molecule has 1 saturated carbocycles. The summed E-state index contributed by atoms with van der Waals surface area (Å²) in [7, 11) is 0. The van der Waals surface area contributed by atoms with Gasteiger partial charge in [0.25, 0.3) is 0 Å². The van der Waals surface area contributed by atoms with Crippen molar-refractivity contribution < 1.29 is 23.8 Å². The van der Waals surface area contributed by atoms with Crippen molar-refractivity contribution in [2.75, 3.05) is 32.9 Å². The Kier molecular flexibility index (Phi) is 14.5. The summed E-state index contributed by atoms with van der Waals surface area (Å²) in [6.45, 7) is 7.82. The van der Waals surface area contributed by atoms with Crippen molar-refractivity contribution >= 4 is 11.8 Å². The lowest BCUT2D eigenvalue weighted by atomic mass is 9.93. The molecule has 2 aliphatic heterocycles. The van der Waals surface area contributed by atoms with Gasteiger partial charge in [-0.25, -0.2) is 0 Å². The third-order valence-electron chi connectivity index (χ3n) is 10.1. The van der Waals surface area contributed by atoms with E-state index in [4.69, 9.17) is 14.2 Å². The maximum absolute atomic E-state index is 14.6. The molecular formula is C41H60N2O5. The van der Waals surface area contributed by atoms with Gasteiger partial charge >= 0.3 is 0 Å². The Hall–Kier alpha value is -3.06. The number of ether oxygens (including phenoxy) is 3. The number of unbranched alkanes of at least 4 members (excludes halogenated alkanes) is 10. The highest BCUT2D eigenvalue weighted by Crippen LogP contribution is 2.30. The summed E-state index contributed by atoms with van der Waals surface area (Å²) in [5.41, 5.74) is 2.11. The monoisotopic (exact) mass is 660 g/mol. The zero-order valence-corrected chi connectivity index (χ0v) is 29.7. The maximum Gasteiger partial charge on any atom is 0.246 e. The minimum absolute atomic E-state index is 0.0923. The van der Waals surface area contributed by atoms with Gasteiger partial charge in [-0.15, -0.1) is 0 Å². The highest BCUT2D eigenvalue weighted by Gasteiger charge is 2.45. The largest absolute Gasteiger partial charge is 0.493 e. The molecule has 2 saturated heterocycles. The normalized spacial score (nSPS) is 20.8. The zero-order valence-electron chi connectivity index (χ0n) is 29.7. The predicted molar refractivity (Wildman–Crippen MR) is 191 cm³/mol. The molecule has 3 fully saturated rings. The molecule has 0 radical (unpaired) electrons. The highest BCUT2D eigenvalue weighted by atomic mass is 16.6. The lowest BCUT2D eigenvalue weighted by Crippen LogP contribution is -2.66. The van der Waals surface area contributed by atoms with Gasteiger partial charge in [-0.2, -0.15) is 0 Å². The molecule has 1 aliphatic carbocycles. The molecule has 2 aromatic rings. The molecule has 0 bridgehead atoms. The third-order valence-corrected chi connectivity index (χ3v) is 10.1. The molecule has 7 nitrogen and oxygen atoms in total. The minimum Gasteiger partial charge on any atom is -0.493 e. The Balaban J connectivity index is 1.31. The van der Waals surface area contributed by atoms with E-state index >= 15 is 0 Å². The topological polar surface area (TPSA) is 71.6 Å². The van der Waals surface area contributed by atoms with Crippen molar-refractivity contribution in [3.8, 4) is 11.5 Å². The van der Waals surface area contributed by atoms with Crippen molar-refractivity contribution in [2.45, 2.75) is 135 Å². The Morgan fingerprint density at radius 1 is 0.604 bits per heavy atom. The molecule has 2 amide bonds. The molecule has 5 rings (SSSR count). The lowest BCUT2D eigenvalue weighted by molar-refractivity contribution is -0.162. The quantitative estimate of drug-likeness (QED) is 0.0839. The molecule has 2 aromatic carbocycles. The van der Waals surface area contributed by atoms with E-state index in [9.17, 15) is 9.59 Å². The van der Waals surface area contributed by atoms with Crippen LogP contribution in [0.4, 0.5) is 0 Å². The van der Waals surface area contributed by atoms with Gasteiger partial charge in [0, 0.05) is 25.9 Å². The van der Waals surface area contributed by atoms with Crippen molar-refractivity contribution in [2.24, 2.45) is 5.92 Å². The molecule has 3 atom stereocenters. The summed E-state index contributed by atoms with van der Waals surface area (Å²) >= 11 is 0. The van der Waals surface area contributed by atoms with Gasteiger partial charge in [-0.1, -0.05) is 102 Å². The van der Waals surface area contributed by atoms with Gasteiger partial charge < -0.3 is 24.0 Å². The first kappa shape index (κ1) is 36.2. The van der Waals surface area contributed by atoms with Crippen LogP contribution >= 0.6 is 0 Å². The average molecular weight is 661 g/mol. The maximum atomic E-state index is 14.6. The predicted octanol–water partition coefficient (Wildman–Crippen LogP) is 8.17. The number of benzene rings is 2. The summed E-state index contributed by atoms with van der Waals surface area (Å²) in [4.78, 5) is 33.0. The number of rotatable bonds is 24. The highest BCUT2D eigenvalue weighted by molar-refractivity contribution is 5.97. The van der Waals surface area contributed by atoms with E-state index < -0.39 is 12.1 Å². The molecular weight excluding hydrogens is 600 g/mol. The third kappa shape index (κ3) is 11.5. The molecule has 2 heterocycles. The summed E-state index contributed by atoms with van der Waals surface area (Å²) in [6, 6.07) is 15.2. The van der Waals surface area contributed by atoms with Crippen molar-refractivity contribution in [1.82, 2.24) is 9.80 Å². The smallest absolute Gasteiger partial charge is 0.246 e. The second-order valence-electron chi connectivity index (χ2n) is 14.3. The number of nitrogens with zero attached hydrogens (tertiary/aromatic N) is 2. The van der Waals surface area contributed by atoms with Crippen LogP contribution in [0.1, 0.15) is 115 Å². The van der Waals surface area contributed by atoms with E-state index in [1.807, 2.05) is 46.2 Å². The first-order chi connectivity index (χ1) is 23.6. The van der Waals surface area contributed by atoms with Crippen LogP contribution in [0.3, 0.4) is 0 Å². The SMILES string of the molecule is CCCCCCCCN1C(=O)[C@H](Cc2ccc(OCC3CC3)cc2)N(CCCCCCCC)C(=O)[C@H]1Cc1ccc(OCC2CO2)cc1. The minimum atomic E-state index is -0.491. The first-order valence-electron chi connectivity index (χ1n) is 19.2. The molecule has 1 unspecified atom stereocenters. The van der Waals surface area contributed by atoms with Crippen LogP contribution in [0, 0.1) is 5.92 Å². The number of amides is 2. The molecule has 264 valence electrons. The Morgan fingerprint density at radius 3 is 1.44 bits per heavy atom. The standard InChI is InChI=1S/C41H60N2O5/c1-3-5-7-9-11-13-25-42-38(27-32-17-21-35(22-18-32)46-29-34-15-16-34)40(44)43(26-14-12-10-8-6-4-2)39(41(42)45)28-33-19-23-36(24-20-33)47-30-37-31-48-37/h17-24,34,37-39H,3-16,25-31H2,1-2H3/t37?,38-,39+/m0/s1. The van der Waals surface area contributed by atoms with Crippen LogP contribution in [0.2, 0.25) is 0 Å². The van der Waals surface area contributed by atoms with Crippen LogP contribution in [-0.4, -0.2) is 72.7 Å². The van der Waals surface area contributed by atoms with Gasteiger partial charge in [0.1, 0.15) is 36.3 Å². The van der Waals surface area contributed by atoms with Crippen molar-refractivity contribution in [3.63, 3.8) is 0 Å².